The summed E-state index contributed by atoms with van der Waals surface area (Å²) in [6.07, 6.45) is 4.67. The van der Waals surface area contributed by atoms with Crippen molar-refractivity contribution in [3.8, 4) is 0 Å². The van der Waals surface area contributed by atoms with Crippen LogP contribution in [0.1, 0.15) is 39.5 Å². The molecule has 0 saturated carbocycles. The summed E-state index contributed by atoms with van der Waals surface area (Å²) in [5, 5.41) is 6.62. The van der Waals surface area contributed by atoms with E-state index < -0.39 is 0 Å². The molecule has 0 aromatic carbocycles. The highest BCUT2D eigenvalue weighted by Gasteiger charge is 2.29. The molecule has 1 fully saturated rings. The second-order valence-electron chi connectivity index (χ2n) is 4.61. The van der Waals surface area contributed by atoms with Gasteiger partial charge in [0, 0.05) is 26.7 Å². The summed E-state index contributed by atoms with van der Waals surface area (Å²) in [6.45, 7) is 7.05. The molecule has 1 unspecified atom stereocenters. The molecule has 0 aromatic rings. The molecule has 0 spiro atoms. The maximum Gasteiger partial charge on any atom is 0.191 e. The van der Waals surface area contributed by atoms with Crippen molar-refractivity contribution in [2.45, 2.75) is 45.1 Å². The molecule has 5 heteroatoms. The Morgan fingerprint density at radius 2 is 2.18 bits per heavy atom. The molecule has 17 heavy (non-hydrogen) atoms. The number of aliphatic imine (C=N–C) groups is 1. The molecule has 2 N–H and O–H groups in total. The van der Waals surface area contributed by atoms with E-state index in [2.05, 4.69) is 29.5 Å². The zero-order valence-corrected chi connectivity index (χ0v) is 13.5. The lowest BCUT2D eigenvalue weighted by Gasteiger charge is -2.24. The third kappa shape index (κ3) is 6.45. The first kappa shape index (κ1) is 17.0. The fourth-order valence-electron chi connectivity index (χ4n) is 1.85. The number of guanidine groups is 1. The van der Waals surface area contributed by atoms with E-state index in [1.54, 1.807) is 7.05 Å². The fourth-order valence-corrected chi connectivity index (χ4v) is 1.85. The van der Waals surface area contributed by atoms with Crippen molar-refractivity contribution in [2.75, 3.05) is 26.7 Å². The van der Waals surface area contributed by atoms with E-state index in [1.807, 2.05) is 0 Å². The number of halogens is 1. The van der Waals surface area contributed by atoms with Gasteiger partial charge < -0.3 is 15.4 Å². The van der Waals surface area contributed by atoms with Crippen molar-refractivity contribution in [3.05, 3.63) is 0 Å². The molecule has 4 nitrogen and oxygen atoms in total. The molecule has 0 amide bonds. The van der Waals surface area contributed by atoms with Crippen LogP contribution in [0.5, 0.6) is 0 Å². The van der Waals surface area contributed by atoms with Crippen LogP contribution in [0.15, 0.2) is 4.99 Å². The maximum absolute atomic E-state index is 5.72. The standard InChI is InChI=1S/C12H25N3O.HI/c1-4-5-8-14-11(13-3)15-10-12(2)7-6-9-16-12;/h4-10H2,1-3H3,(H2,13,14,15);1H. The first-order valence-corrected chi connectivity index (χ1v) is 6.28. The van der Waals surface area contributed by atoms with Gasteiger partial charge in [0.2, 0.25) is 0 Å². The Balaban J connectivity index is 0.00000256. The van der Waals surface area contributed by atoms with Gasteiger partial charge in [0.05, 0.1) is 5.60 Å². The predicted octanol–water partition coefficient (Wildman–Crippen LogP) is 2.14. The zero-order valence-electron chi connectivity index (χ0n) is 11.2. The highest BCUT2D eigenvalue weighted by atomic mass is 127. The lowest BCUT2D eigenvalue weighted by Crippen LogP contribution is -2.45. The average molecular weight is 355 g/mol. The highest BCUT2D eigenvalue weighted by Crippen LogP contribution is 2.23. The van der Waals surface area contributed by atoms with Gasteiger partial charge >= 0.3 is 0 Å². The van der Waals surface area contributed by atoms with Crippen LogP contribution in [0.3, 0.4) is 0 Å². The lowest BCUT2D eigenvalue weighted by atomic mass is 10.0. The minimum absolute atomic E-state index is 0. The molecule has 0 radical (unpaired) electrons. The quantitative estimate of drug-likeness (QED) is 0.344. The summed E-state index contributed by atoms with van der Waals surface area (Å²) in [7, 11) is 1.80. The van der Waals surface area contributed by atoms with E-state index in [1.165, 1.54) is 19.3 Å². The van der Waals surface area contributed by atoms with Crippen LogP contribution in [-0.4, -0.2) is 38.3 Å². The van der Waals surface area contributed by atoms with E-state index in [9.17, 15) is 0 Å². The van der Waals surface area contributed by atoms with Gasteiger partial charge in [0.15, 0.2) is 5.96 Å². The number of ether oxygens (including phenoxy) is 1. The van der Waals surface area contributed by atoms with Gasteiger partial charge in [-0.25, -0.2) is 0 Å². The predicted molar refractivity (Wildman–Crippen MR) is 83.3 cm³/mol. The third-order valence-electron chi connectivity index (χ3n) is 2.98. The van der Waals surface area contributed by atoms with E-state index >= 15 is 0 Å². The van der Waals surface area contributed by atoms with E-state index in [0.29, 0.717) is 0 Å². The first-order valence-electron chi connectivity index (χ1n) is 6.28. The normalized spacial score (nSPS) is 24.3. The lowest BCUT2D eigenvalue weighted by molar-refractivity contribution is 0.0243. The Morgan fingerprint density at radius 1 is 1.41 bits per heavy atom. The maximum atomic E-state index is 5.72. The van der Waals surface area contributed by atoms with Gasteiger partial charge in [0.1, 0.15) is 0 Å². The van der Waals surface area contributed by atoms with Gasteiger partial charge in [-0.1, -0.05) is 13.3 Å². The number of rotatable bonds is 5. The minimum Gasteiger partial charge on any atom is -0.373 e. The fraction of sp³-hybridized carbons (Fsp3) is 0.917. The number of unbranched alkanes of at least 4 members (excludes halogenated alkanes) is 1. The van der Waals surface area contributed by atoms with Crippen LogP contribution in [0, 0.1) is 0 Å². The number of hydrogen-bond acceptors (Lipinski definition) is 2. The minimum atomic E-state index is -0.0115. The molecule has 1 aliphatic heterocycles. The van der Waals surface area contributed by atoms with Gasteiger partial charge in [-0.15, -0.1) is 24.0 Å². The Morgan fingerprint density at radius 3 is 2.71 bits per heavy atom. The van der Waals surface area contributed by atoms with Crippen LogP contribution in [0.4, 0.5) is 0 Å². The molecule has 1 aliphatic rings. The molecule has 1 heterocycles. The average Bonchev–Trinajstić information content (AvgIpc) is 2.71. The van der Waals surface area contributed by atoms with Gasteiger partial charge in [0.25, 0.3) is 0 Å². The summed E-state index contributed by atoms with van der Waals surface area (Å²) >= 11 is 0. The Bertz CT molecular complexity index is 228. The largest absolute Gasteiger partial charge is 0.373 e. The first-order chi connectivity index (χ1) is 7.70. The van der Waals surface area contributed by atoms with Gasteiger partial charge in [-0.2, -0.15) is 0 Å². The van der Waals surface area contributed by atoms with Crippen LogP contribution in [-0.2, 0) is 4.74 Å². The summed E-state index contributed by atoms with van der Waals surface area (Å²) < 4.78 is 5.72. The van der Waals surface area contributed by atoms with Gasteiger partial charge in [-0.05, 0) is 26.2 Å². The highest BCUT2D eigenvalue weighted by molar-refractivity contribution is 14.0. The molecule has 1 saturated heterocycles. The smallest absolute Gasteiger partial charge is 0.191 e. The van der Waals surface area contributed by atoms with Crippen molar-refractivity contribution in [3.63, 3.8) is 0 Å². The molecular formula is C12H26IN3O. The van der Waals surface area contributed by atoms with E-state index in [0.717, 1.165) is 32.1 Å². The van der Waals surface area contributed by atoms with Crippen molar-refractivity contribution >= 4 is 29.9 Å². The number of hydrogen-bond donors (Lipinski definition) is 2. The van der Waals surface area contributed by atoms with Crippen LogP contribution >= 0.6 is 24.0 Å². The van der Waals surface area contributed by atoms with Crippen molar-refractivity contribution in [2.24, 2.45) is 4.99 Å². The SMILES string of the molecule is CCCCNC(=NC)NCC1(C)CCCO1.I. The third-order valence-corrected chi connectivity index (χ3v) is 2.98. The summed E-state index contributed by atoms with van der Waals surface area (Å²) in [6, 6.07) is 0. The molecule has 0 aliphatic carbocycles. The van der Waals surface area contributed by atoms with E-state index in [4.69, 9.17) is 4.74 Å². The van der Waals surface area contributed by atoms with Crippen molar-refractivity contribution < 1.29 is 4.74 Å². The summed E-state index contributed by atoms with van der Waals surface area (Å²) in [4.78, 5) is 4.19. The molecular weight excluding hydrogens is 329 g/mol. The summed E-state index contributed by atoms with van der Waals surface area (Å²) in [5.41, 5.74) is -0.0115. The van der Waals surface area contributed by atoms with Crippen LogP contribution < -0.4 is 10.6 Å². The molecule has 0 bridgehead atoms. The Kier molecular flexibility index (Phi) is 8.94. The van der Waals surface area contributed by atoms with Gasteiger partial charge in [-0.3, -0.25) is 4.99 Å². The topological polar surface area (TPSA) is 45.7 Å². The number of nitrogens with one attached hydrogen (secondary N) is 2. The second-order valence-corrected chi connectivity index (χ2v) is 4.61. The zero-order chi connectivity index (χ0) is 11.9. The second kappa shape index (κ2) is 8.97. The molecule has 0 aromatic heterocycles. The molecule has 1 rings (SSSR count). The molecule has 102 valence electrons. The summed E-state index contributed by atoms with van der Waals surface area (Å²) in [5.74, 6) is 0.880. The van der Waals surface area contributed by atoms with Crippen LogP contribution in [0.2, 0.25) is 0 Å². The molecule has 1 atom stereocenters. The van der Waals surface area contributed by atoms with Crippen molar-refractivity contribution in [1.82, 2.24) is 10.6 Å². The monoisotopic (exact) mass is 355 g/mol. The number of nitrogens with zero attached hydrogens (tertiary/aromatic N) is 1. The Hall–Kier alpha value is -0.0400. The van der Waals surface area contributed by atoms with Crippen LogP contribution in [0.25, 0.3) is 0 Å². The van der Waals surface area contributed by atoms with Crippen molar-refractivity contribution in [1.29, 1.82) is 0 Å². The Labute approximate surface area is 122 Å². The van der Waals surface area contributed by atoms with E-state index in [-0.39, 0.29) is 29.6 Å².